The highest BCUT2D eigenvalue weighted by Crippen LogP contribution is 2.08. The summed E-state index contributed by atoms with van der Waals surface area (Å²) in [5.41, 5.74) is 3.33. The molecule has 0 bridgehead atoms. The van der Waals surface area contributed by atoms with E-state index in [9.17, 15) is 13.2 Å². The molecule has 0 radical (unpaired) electrons. The number of quaternary nitrogens is 1. The molecule has 0 spiro atoms. The molecular weight excluding hydrogens is 398 g/mol. The topological polar surface area (TPSA) is 70.9 Å². The van der Waals surface area contributed by atoms with E-state index < -0.39 is 10.0 Å². The van der Waals surface area contributed by atoms with E-state index in [1.807, 2.05) is 42.5 Å². The van der Waals surface area contributed by atoms with Gasteiger partial charge in [0.2, 0.25) is 10.0 Å². The second-order valence-electron chi connectivity index (χ2n) is 7.61. The van der Waals surface area contributed by atoms with Crippen LogP contribution in [-0.4, -0.2) is 57.9 Å². The van der Waals surface area contributed by atoms with Gasteiger partial charge in [-0.2, -0.15) is 4.31 Å². The number of nitrogens with zero attached hydrogens (tertiary/aromatic N) is 1. The Morgan fingerprint density at radius 1 is 1.07 bits per heavy atom. The molecule has 7 heteroatoms. The van der Waals surface area contributed by atoms with Gasteiger partial charge in [0, 0.05) is 12.0 Å². The number of amides is 1. The Labute approximate surface area is 179 Å². The van der Waals surface area contributed by atoms with Crippen LogP contribution in [0.5, 0.6) is 0 Å². The molecule has 0 atom stereocenters. The summed E-state index contributed by atoms with van der Waals surface area (Å²) >= 11 is 0. The van der Waals surface area contributed by atoms with Gasteiger partial charge >= 0.3 is 0 Å². The molecule has 30 heavy (non-hydrogen) atoms. The maximum atomic E-state index is 12.5. The normalized spacial score (nSPS) is 16.0. The maximum absolute atomic E-state index is 12.5. The molecule has 6 nitrogen and oxygen atoms in total. The third-order valence-corrected chi connectivity index (χ3v) is 6.97. The lowest BCUT2D eigenvalue weighted by atomic mass is 10.1. The summed E-state index contributed by atoms with van der Waals surface area (Å²) in [5.74, 6) is 0.0128. The van der Waals surface area contributed by atoms with Crippen molar-refractivity contribution in [2.45, 2.75) is 13.3 Å². The highest BCUT2D eigenvalue weighted by atomic mass is 32.2. The second-order valence-corrected chi connectivity index (χ2v) is 9.43. The summed E-state index contributed by atoms with van der Waals surface area (Å²) < 4.78 is 26.6. The van der Waals surface area contributed by atoms with E-state index >= 15 is 0 Å². The fourth-order valence-corrected chi connectivity index (χ4v) is 4.76. The van der Waals surface area contributed by atoms with Gasteiger partial charge in [-0.15, -0.1) is 0 Å². The lowest BCUT2D eigenvalue weighted by Crippen LogP contribution is -3.15. The average molecular weight is 429 g/mol. The number of sulfonamides is 1. The van der Waals surface area contributed by atoms with Crippen molar-refractivity contribution in [3.8, 4) is 0 Å². The van der Waals surface area contributed by atoms with Crippen LogP contribution in [0.25, 0.3) is 6.08 Å². The number of carbonyl (C=O) groups excluding carboxylic acids is 1. The number of aryl methyl sites for hydroxylation is 1. The molecule has 0 saturated carbocycles. The predicted molar refractivity (Wildman–Crippen MR) is 119 cm³/mol. The Kier molecular flexibility index (Phi) is 7.79. The van der Waals surface area contributed by atoms with Crippen LogP contribution in [0.4, 0.5) is 0 Å². The van der Waals surface area contributed by atoms with Gasteiger partial charge in [0.1, 0.15) is 0 Å². The van der Waals surface area contributed by atoms with Crippen LogP contribution in [0.15, 0.2) is 60.0 Å². The number of nitrogens with one attached hydrogen (secondary N) is 2. The van der Waals surface area contributed by atoms with Crippen molar-refractivity contribution >= 4 is 22.0 Å². The number of rotatable bonds is 8. The Morgan fingerprint density at radius 2 is 1.73 bits per heavy atom. The fourth-order valence-electron chi connectivity index (χ4n) is 3.57. The van der Waals surface area contributed by atoms with Gasteiger partial charge in [0.05, 0.1) is 26.2 Å². The van der Waals surface area contributed by atoms with Crippen molar-refractivity contribution in [1.29, 1.82) is 0 Å². The van der Waals surface area contributed by atoms with Crippen molar-refractivity contribution in [2.24, 2.45) is 0 Å². The van der Waals surface area contributed by atoms with E-state index in [0.29, 0.717) is 39.3 Å². The summed E-state index contributed by atoms with van der Waals surface area (Å²) in [6.07, 6.45) is 2.43. The molecule has 2 aromatic carbocycles. The molecule has 2 N–H and O–H groups in total. The predicted octanol–water partition coefficient (Wildman–Crippen LogP) is 0.855. The van der Waals surface area contributed by atoms with Gasteiger partial charge in [-0.1, -0.05) is 54.6 Å². The van der Waals surface area contributed by atoms with Gasteiger partial charge in [0.15, 0.2) is 6.54 Å². The molecule has 0 unspecified atom stereocenters. The van der Waals surface area contributed by atoms with E-state index in [2.05, 4.69) is 24.4 Å². The fraction of sp³-hybridized carbons (Fsp3) is 0.348. The largest absolute Gasteiger partial charge is 0.351 e. The third-order valence-electron chi connectivity index (χ3n) is 5.41. The lowest BCUT2D eigenvalue weighted by molar-refractivity contribution is -0.895. The minimum Gasteiger partial charge on any atom is -0.351 e. The zero-order valence-corrected chi connectivity index (χ0v) is 18.2. The Morgan fingerprint density at radius 3 is 2.43 bits per heavy atom. The molecule has 0 aromatic heterocycles. The van der Waals surface area contributed by atoms with E-state index in [4.69, 9.17) is 0 Å². The first-order valence-electron chi connectivity index (χ1n) is 10.3. The summed E-state index contributed by atoms with van der Waals surface area (Å²) in [7, 11) is -3.44. The van der Waals surface area contributed by atoms with Gasteiger partial charge < -0.3 is 10.2 Å². The first kappa shape index (κ1) is 22.2. The summed E-state index contributed by atoms with van der Waals surface area (Å²) in [4.78, 5) is 13.4. The van der Waals surface area contributed by atoms with Crippen LogP contribution in [-0.2, 0) is 21.2 Å². The first-order chi connectivity index (χ1) is 14.4. The molecule has 1 amide bonds. The Hall–Kier alpha value is -2.48. The van der Waals surface area contributed by atoms with Gasteiger partial charge in [-0.25, -0.2) is 8.42 Å². The molecule has 1 heterocycles. The smallest absolute Gasteiger partial charge is 0.275 e. The molecule has 160 valence electrons. The van der Waals surface area contributed by atoms with Crippen molar-refractivity contribution in [2.75, 3.05) is 39.3 Å². The minimum atomic E-state index is -3.44. The summed E-state index contributed by atoms with van der Waals surface area (Å²) in [6.45, 7) is 5.17. The summed E-state index contributed by atoms with van der Waals surface area (Å²) in [6, 6.07) is 17.6. The van der Waals surface area contributed by atoms with Crippen LogP contribution in [0.2, 0.25) is 0 Å². The monoisotopic (exact) mass is 428 g/mol. The van der Waals surface area contributed by atoms with Crippen molar-refractivity contribution in [3.05, 3.63) is 76.7 Å². The number of carbonyl (C=O) groups is 1. The SMILES string of the molecule is Cc1ccccc1CCNC(=O)C[NH+]1CCN(S(=O)(=O)/C=C/c2ccccc2)CC1. The van der Waals surface area contributed by atoms with Crippen LogP contribution < -0.4 is 10.2 Å². The number of hydrogen-bond donors (Lipinski definition) is 2. The Balaban J connectivity index is 1.41. The van der Waals surface area contributed by atoms with Gasteiger partial charge in [0.25, 0.3) is 5.91 Å². The van der Waals surface area contributed by atoms with E-state index in [1.54, 1.807) is 6.08 Å². The molecule has 1 aliphatic heterocycles. The minimum absolute atomic E-state index is 0.0128. The highest BCUT2D eigenvalue weighted by Gasteiger charge is 2.28. The zero-order chi connectivity index (χ0) is 21.4. The third kappa shape index (κ3) is 6.52. The average Bonchev–Trinajstić information content (AvgIpc) is 2.75. The number of benzene rings is 2. The van der Waals surface area contributed by atoms with Crippen molar-refractivity contribution in [3.63, 3.8) is 0 Å². The maximum Gasteiger partial charge on any atom is 0.275 e. The quantitative estimate of drug-likeness (QED) is 0.655. The first-order valence-corrected chi connectivity index (χ1v) is 11.8. The standard InChI is InChI=1S/C23H29N3O3S/c1-20-7-5-6-10-22(20)11-13-24-23(27)19-25-14-16-26(17-15-25)30(28,29)18-12-21-8-3-2-4-9-21/h2-10,12,18H,11,13-17,19H2,1H3,(H,24,27)/p+1/b18-12+. The molecule has 2 aromatic rings. The van der Waals surface area contributed by atoms with Crippen LogP contribution in [0.3, 0.4) is 0 Å². The van der Waals surface area contributed by atoms with Crippen LogP contribution in [0, 0.1) is 6.92 Å². The molecule has 3 rings (SSSR count). The van der Waals surface area contributed by atoms with Crippen LogP contribution >= 0.6 is 0 Å². The molecule has 1 fully saturated rings. The molecule has 0 aliphatic carbocycles. The Bertz CT molecular complexity index is 966. The lowest BCUT2D eigenvalue weighted by Gasteiger charge is -2.30. The van der Waals surface area contributed by atoms with Gasteiger partial charge in [-0.3, -0.25) is 4.79 Å². The summed E-state index contributed by atoms with van der Waals surface area (Å²) in [5, 5.41) is 4.25. The highest BCUT2D eigenvalue weighted by molar-refractivity contribution is 7.92. The van der Waals surface area contributed by atoms with Crippen molar-refractivity contribution in [1.82, 2.24) is 9.62 Å². The van der Waals surface area contributed by atoms with Gasteiger partial charge in [-0.05, 0) is 36.1 Å². The van der Waals surface area contributed by atoms with E-state index in [0.717, 1.165) is 16.9 Å². The number of piperazine rings is 1. The molecule has 1 aliphatic rings. The molecular formula is C23H30N3O3S+. The number of hydrogen-bond acceptors (Lipinski definition) is 3. The van der Waals surface area contributed by atoms with E-state index in [1.165, 1.54) is 20.8 Å². The zero-order valence-electron chi connectivity index (χ0n) is 17.4. The second kappa shape index (κ2) is 10.5. The molecule has 1 saturated heterocycles. The van der Waals surface area contributed by atoms with E-state index in [-0.39, 0.29) is 5.91 Å². The van der Waals surface area contributed by atoms with Crippen molar-refractivity contribution < 1.29 is 18.1 Å². The van der Waals surface area contributed by atoms with Crippen LogP contribution in [0.1, 0.15) is 16.7 Å².